The van der Waals surface area contributed by atoms with Crippen LogP contribution >= 0.6 is 0 Å². The molecule has 1 saturated heterocycles. The van der Waals surface area contributed by atoms with Crippen molar-refractivity contribution in [2.75, 3.05) is 25.5 Å². The van der Waals surface area contributed by atoms with Crippen LogP contribution in [0.3, 0.4) is 0 Å². The molecule has 2 heterocycles. The highest BCUT2D eigenvalue weighted by Gasteiger charge is 2.23. The standard InChI is InChI=1S/C13H21N3O/c1-10(2)16-7-6-12(9-16)15-11-4-5-13(17-3)14-8-11/h4-5,8,10,12,15H,6-7,9H2,1-3H3. The fraction of sp³-hybridized carbons (Fsp3) is 0.615. The smallest absolute Gasteiger partial charge is 0.213 e. The van der Waals surface area contributed by atoms with E-state index < -0.39 is 0 Å². The van der Waals surface area contributed by atoms with Crippen LogP contribution in [0.4, 0.5) is 5.69 Å². The molecule has 1 aliphatic heterocycles. The Morgan fingerprint density at radius 2 is 2.29 bits per heavy atom. The third-order valence-corrected chi connectivity index (χ3v) is 3.27. The molecule has 1 N–H and O–H groups in total. The van der Waals surface area contributed by atoms with Crippen molar-refractivity contribution in [3.8, 4) is 5.88 Å². The molecule has 1 atom stereocenters. The van der Waals surface area contributed by atoms with Crippen LogP contribution in [0.1, 0.15) is 20.3 Å². The first-order valence-electron chi connectivity index (χ1n) is 6.19. The summed E-state index contributed by atoms with van der Waals surface area (Å²) in [6.07, 6.45) is 3.03. The molecule has 1 aromatic heterocycles. The summed E-state index contributed by atoms with van der Waals surface area (Å²) in [4.78, 5) is 6.69. The number of nitrogens with zero attached hydrogens (tertiary/aromatic N) is 2. The summed E-state index contributed by atoms with van der Waals surface area (Å²) in [5, 5.41) is 3.52. The number of anilines is 1. The zero-order valence-corrected chi connectivity index (χ0v) is 10.8. The molecule has 17 heavy (non-hydrogen) atoms. The summed E-state index contributed by atoms with van der Waals surface area (Å²) >= 11 is 0. The van der Waals surface area contributed by atoms with Crippen molar-refractivity contribution in [2.45, 2.75) is 32.4 Å². The van der Waals surface area contributed by atoms with E-state index >= 15 is 0 Å². The quantitative estimate of drug-likeness (QED) is 0.866. The van der Waals surface area contributed by atoms with E-state index in [1.54, 1.807) is 7.11 Å². The topological polar surface area (TPSA) is 37.4 Å². The van der Waals surface area contributed by atoms with Crippen molar-refractivity contribution >= 4 is 5.69 Å². The molecular weight excluding hydrogens is 214 g/mol. The van der Waals surface area contributed by atoms with Crippen LogP contribution in [0, 0.1) is 0 Å². The lowest BCUT2D eigenvalue weighted by Crippen LogP contribution is -2.31. The molecule has 1 fully saturated rings. The van der Waals surface area contributed by atoms with E-state index in [0.29, 0.717) is 18.0 Å². The number of hydrogen-bond acceptors (Lipinski definition) is 4. The zero-order valence-electron chi connectivity index (χ0n) is 10.8. The predicted molar refractivity (Wildman–Crippen MR) is 69.5 cm³/mol. The molecule has 4 nitrogen and oxygen atoms in total. The van der Waals surface area contributed by atoms with Gasteiger partial charge in [0.15, 0.2) is 0 Å². The predicted octanol–water partition coefficient (Wildman–Crippen LogP) is 1.98. The molecule has 0 saturated carbocycles. The molecule has 0 bridgehead atoms. The molecule has 1 aromatic rings. The summed E-state index contributed by atoms with van der Waals surface area (Å²) in [5.41, 5.74) is 1.07. The molecule has 2 rings (SSSR count). The Hall–Kier alpha value is -1.29. The van der Waals surface area contributed by atoms with Gasteiger partial charge in [-0.1, -0.05) is 0 Å². The van der Waals surface area contributed by atoms with Gasteiger partial charge in [-0.25, -0.2) is 4.98 Å². The maximum Gasteiger partial charge on any atom is 0.213 e. The van der Waals surface area contributed by atoms with Gasteiger partial charge in [0, 0.05) is 31.2 Å². The molecule has 4 heteroatoms. The van der Waals surface area contributed by atoms with E-state index in [1.165, 1.54) is 13.0 Å². The Morgan fingerprint density at radius 1 is 1.47 bits per heavy atom. The largest absolute Gasteiger partial charge is 0.481 e. The Bertz CT molecular complexity index is 350. The van der Waals surface area contributed by atoms with Crippen molar-refractivity contribution in [1.82, 2.24) is 9.88 Å². The summed E-state index contributed by atoms with van der Waals surface area (Å²) < 4.78 is 5.04. The zero-order chi connectivity index (χ0) is 12.3. The highest BCUT2D eigenvalue weighted by molar-refractivity contribution is 5.43. The molecule has 0 radical (unpaired) electrons. The summed E-state index contributed by atoms with van der Waals surface area (Å²) in [7, 11) is 1.63. The fourth-order valence-corrected chi connectivity index (χ4v) is 2.20. The van der Waals surface area contributed by atoms with E-state index in [1.807, 2.05) is 18.3 Å². The van der Waals surface area contributed by atoms with E-state index in [9.17, 15) is 0 Å². The number of pyridine rings is 1. The first-order valence-corrected chi connectivity index (χ1v) is 6.19. The third kappa shape index (κ3) is 3.09. The molecule has 0 amide bonds. The van der Waals surface area contributed by atoms with Gasteiger partial charge in [0.25, 0.3) is 0 Å². The summed E-state index contributed by atoms with van der Waals surface area (Å²) in [5.74, 6) is 0.658. The molecule has 0 aliphatic carbocycles. The Morgan fingerprint density at radius 3 is 2.82 bits per heavy atom. The SMILES string of the molecule is COc1ccc(NC2CCN(C(C)C)C2)cn1. The van der Waals surface area contributed by atoms with Crippen molar-refractivity contribution in [3.63, 3.8) is 0 Å². The fourth-order valence-electron chi connectivity index (χ4n) is 2.20. The lowest BCUT2D eigenvalue weighted by atomic mass is 10.2. The Labute approximate surface area is 103 Å². The van der Waals surface area contributed by atoms with E-state index in [4.69, 9.17) is 4.74 Å². The number of hydrogen-bond donors (Lipinski definition) is 1. The van der Waals surface area contributed by atoms with Crippen LogP contribution in [0.15, 0.2) is 18.3 Å². The van der Waals surface area contributed by atoms with E-state index in [2.05, 4.69) is 29.0 Å². The van der Waals surface area contributed by atoms with Crippen molar-refractivity contribution in [2.24, 2.45) is 0 Å². The third-order valence-electron chi connectivity index (χ3n) is 3.27. The second kappa shape index (κ2) is 5.36. The second-order valence-corrected chi connectivity index (χ2v) is 4.81. The average molecular weight is 235 g/mol. The molecule has 94 valence electrons. The summed E-state index contributed by atoms with van der Waals surface area (Å²) in [6, 6.07) is 5.07. The van der Waals surface area contributed by atoms with Gasteiger partial charge in [-0.15, -0.1) is 0 Å². The molecular formula is C13H21N3O. The highest BCUT2D eigenvalue weighted by atomic mass is 16.5. The van der Waals surface area contributed by atoms with Gasteiger partial charge in [0.2, 0.25) is 5.88 Å². The summed E-state index contributed by atoms with van der Waals surface area (Å²) in [6.45, 7) is 6.79. The lowest BCUT2D eigenvalue weighted by Gasteiger charge is -2.20. The molecule has 0 spiro atoms. The maximum absolute atomic E-state index is 5.04. The van der Waals surface area contributed by atoms with Gasteiger partial charge in [0.05, 0.1) is 19.0 Å². The van der Waals surface area contributed by atoms with Crippen LogP contribution in [0.5, 0.6) is 5.88 Å². The number of ether oxygens (including phenoxy) is 1. The van der Waals surface area contributed by atoms with Crippen molar-refractivity contribution < 1.29 is 4.74 Å². The average Bonchev–Trinajstić information content (AvgIpc) is 2.79. The number of methoxy groups -OCH3 is 1. The van der Waals surface area contributed by atoms with Crippen LogP contribution in [0.2, 0.25) is 0 Å². The minimum absolute atomic E-state index is 0.535. The molecule has 1 aliphatic rings. The van der Waals surface area contributed by atoms with Crippen LogP contribution in [-0.2, 0) is 0 Å². The minimum atomic E-state index is 0.535. The van der Waals surface area contributed by atoms with Crippen LogP contribution in [-0.4, -0.2) is 42.2 Å². The number of rotatable bonds is 4. The Balaban J connectivity index is 1.89. The van der Waals surface area contributed by atoms with Gasteiger partial charge in [-0.3, -0.25) is 4.90 Å². The van der Waals surface area contributed by atoms with Gasteiger partial charge < -0.3 is 10.1 Å². The molecule has 0 aromatic carbocycles. The molecule has 1 unspecified atom stereocenters. The number of likely N-dealkylation sites (tertiary alicyclic amines) is 1. The van der Waals surface area contributed by atoms with Crippen LogP contribution in [0.25, 0.3) is 0 Å². The van der Waals surface area contributed by atoms with Gasteiger partial charge in [-0.05, 0) is 26.3 Å². The van der Waals surface area contributed by atoms with Crippen molar-refractivity contribution in [1.29, 1.82) is 0 Å². The number of aromatic nitrogens is 1. The van der Waals surface area contributed by atoms with Gasteiger partial charge >= 0.3 is 0 Å². The van der Waals surface area contributed by atoms with Gasteiger partial charge in [0.1, 0.15) is 0 Å². The van der Waals surface area contributed by atoms with Crippen LogP contribution < -0.4 is 10.1 Å². The Kier molecular flexibility index (Phi) is 3.84. The first kappa shape index (κ1) is 12.2. The van der Waals surface area contributed by atoms with Gasteiger partial charge in [-0.2, -0.15) is 0 Å². The van der Waals surface area contributed by atoms with E-state index in [0.717, 1.165) is 12.2 Å². The van der Waals surface area contributed by atoms with E-state index in [-0.39, 0.29) is 0 Å². The first-order chi connectivity index (χ1) is 8.19. The lowest BCUT2D eigenvalue weighted by molar-refractivity contribution is 0.274. The maximum atomic E-state index is 5.04. The normalized spacial score (nSPS) is 20.8. The van der Waals surface area contributed by atoms with Crippen molar-refractivity contribution in [3.05, 3.63) is 18.3 Å². The monoisotopic (exact) mass is 235 g/mol. The second-order valence-electron chi connectivity index (χ2n) is 4.81. The highest BCUT2D eigenvalue weighted by Crippen LogP contribution is 2.18. The minimum Gasteiger partial charge on any atom is -0.481 e. The number of nitrogens with one attached hydrogen (secondary N) is 1.